The molecule has 1 saturated heterocycles. The van der Waals surface area contributed by atoms with Crippen LogP contribution in [-0.2, 0) is 19.1 Å². The minimum atomic E-state index is -0.880. The van der Waals surface area contributed by atoms with Gasteiger partial charge in [0.1, 0.15) is 0 Å². The first-order chi connectivity index (χ1) is 15.8. The summed E-state index contributed by atoms with van der Waals surface area (Å²) in [7, 11) is 0. The topological polar surface area (TPSA) is 134 Å². The van der Waals surface area contributed by atoms with Crippen molar-refractivity contribution in [3.8, 4) is 0 Å². The van der Waals surface area contributed by atoms with Gasteiger partial charge in [0.05, 0.1) is 33.6 Å². The second kappa shape index (κ2) is 10.8. The molecule has 1 aliphatic rings. The number of carbonyl (C=O) groups is 5. The number of esters is 1. The van der Waals surface area contributed by atoms with Crippen LogP contribution in [0.3, 0.4) is 0 Å². The van der Waals surface area contributed by atoms with E-state index in [0.717, 1.165) is 5.01 Å². The zero-order chi connectivity index (χ0) is 24.0. The van der Waals surface area contributed by atoms with Crippen LogP contribution in [0.1, 0.15) is 27.1 Å². The molecule has 0 bridgehead atoms. The van der Waals surface area contributed by atoms with Crippen molar-refractivity contribution in [2.24, 2.45) is 5.92 Å². The van der Waals surface area contributed by atoms with Crippen LogP contribution in [-0.4, -0.2) is 47.8 Å². The first-order valence-electron chi connectivity index (χ1n) is 9.62. The van der Waals surface area contributed by atoms with Crippen molar-refractivity contribution < 1.29 is 28.7 Å². The number of halogens is 2. The number of nitrogens with one attached hydrogen (secondary N) is 3. The first-order valence-corrected chi connectivity index (χ1v) is 10.4. The van der Waals surface area contributed by atoms with Gasteiger partial charge in [-0.05, 0) is 24.3 Å². The van der Waals surface area contributed by atoms with E-state index in [1.807, 2.05) is 0 Å². The fourth-order valence-corrected chi connectivity index (χ4v) is 3.37. The molecule has 0 aliphatic carbocycles. The minimum Gasteiger partial charge on any atom is -0.455 e. The van der Waals surface area contributed by atoms with E-state index in [1.54, 1.807) is 24.3 Å². The summed E-state index contributed by atoms with van der Waals surface area (Å²) in [5, 5.41) is 1.42. The maximum Gasteiger partial charge on any atom is 0.311 e. The molecule has 4 amide bonds. The zero-order valence-corrected chi connectivity index (χ0v) is 18.5. The minimum absolute atomic E-state index is 0.126. The Bertz CT molecular complexity index is 1110. The molecule has 2 aromatic carbocycles. The predicted molar refractivity (Wildman–Crippen MR) is 117 cm³/mol. The van der Waals surface area contributed by atoms with Crippen LogP contribution in [0.5, 0.6) is 0 Å². The van der Waals surface area contributed by atoms with Gasteiger partial charge in [0.25, 0.3) is 17.7 Å². The number of nitrogens with zero attached hydrogens (tertiary/aromatic N) is 1. The maximum absolute atomic E-state index is 12.3. The summed E-state index contributed by atoms with van der Waals surface area (Å²) in [6.45, 7) is -0.809. The third-order valence-corrected chi connectivity index (χ3v) is 5.25. The standard InChI is InChI=1S/C21H18Cl2N4O6/c22-15-7-3-1-5-13(15)19(30)25-24-17(28)11-33-21(32)12-9-18(29)27(10-12)26-20(31)14-6-2-4-8-16(14)23/h1-8,12H,9-11H2,(H,24,28)(H,25,30)(H,26,31)/t12-/m1/s1. The highest BCUT2D eigenvalue weighted by Gasteiger charge is 2.37. The Morgan fingerprint density at radius 3 is 2.09 bits per heavy atom. The van der Waals surface area contributed by atoms with E-state index < -0.39 is 42.1 Å². The second-order valence-corrected chi connectivity index (χ2v) is 7.73. The Morgan fingerprint density at radius 2 is 1.48 bits per heavy atom. The average Bonchev–Trinajstić information content (AvgIpc) is 3.16. The molecule has 1 fully saturated rings. The highest BCUT2D eigenvalue weighted by molar-refractivity contribution is 6.34. The third kappa shape index (κ3) is 6.21. The molecule has 0 aromatic heterocycles. The molecule has 2 aromatic rings. The lowest BCUT2D eigenvalue weighted by Crippen LogP contribution is -2.44. The molecule has 3 N–H and O–H groups in total. The van der Waals surface area contributed by atoms with Gasteiger partial charge in [0, 0.05) is 6.42 Å². The van der Waals surface area contributed by atoms with Crippen molar-refractivity contribution in [3.63, 3.8) is 0 Å². The molecule has 0 saturated carbocycles. The predicted octanol–water partition coefficient (Wildman–Crippen LogP) is 1.49. The van der Waals surface area contributed by atoms with E-state index in [9.17, 15) is 24.0 Å². The van der Waals surface area contributed by atoms with Crippen molar-refractivity contribution in [2.45, 2.75) is 6.42 Å². The van der Waals surface area contributed by atoms with Crippen molar-refractivity contribution >= 4 is 52.8 Å². The highest BCUT2D eigenvalue weighted by atomic mass is 35.5. The van der Waals surface area contributed by atoms with Gasteiger partial charge in [-0.2, -0.15) is 0 Å². The van der Waals surface area contributed by atoms with Crippen molar-refractivity contribution in [1.29, 1.82) is 0 Å². The fraction of sp³-hybridized carbons (Fsp3) is 0.190. The lowest BCUT2D eigenvalue weighted by Gasteiger charge is -2.18. The monoisotopic (exact) mass is 492 g/mol. The van der Waals surface area contributed by atoms with Gasteiger partial charge in [0.15, 0.2) is 6.61 Å². The van der Waals surface area contributed by atoms with E-state index in [0.29, 0.717) is 0 Å². The summed E-state index contributed by atoms with van der Waals surface area (Å²) in [6, 6.07) is 12.5. The van der Waals surface area contributed by atoms with E-state index in [2.05, 4.69) is 16.3 Å². The average molecular weight is 493 g/mol. The fourth-order valence-electron chi connectivity index (χ4n) is 2.93. The molecule has 12 heteroatoms. The van der Waals surface area contributed by atoms with Gasteiger partial charge >= 0.3 is 5.97 Å². The molecule has 10 nitrogen and oxygen atoms in total. The Hall–Kier alpha value is -3.63. The van der Waals surface area contributed by atoms with Crippen LogP contribution in [0.15, 0.2) is 48.5 Å². The van der Waals surface area contributed by atoms with Crippen LogP contribution in [0.4, 0.5) is 0 Å². The van der Waals surface area contributed by atoms with Crippen molar-refractivity contribution in [2.75, 3.05) is 13.2 Å². The molecular weight excluding hydrogens is 475 g/mol. The molecule has 1 aliphatic heterocycles. The molecule has 0 unspecified atom stereocenters. The van der Waals surface area contributed by atoms with Gasteiger partial charge < -0.3 is 4.74 Å². The summed E-state index contributed by atoms with van der Waals surface area (Å²) in [5.74, 6) is -4.21. The lowest BCUT2D eigenvalue weighted by atomic mass is 10.1. The molecule has 172 valence electrons. The second-order valence-electron chi connectivity index (χ2n) is 6.92. The van der Waals surface area contributed by atoms with E-state index in [-0.39, 0.29) is 34.1 Å². The Balaban J connectivity index is 1.44. The first kappa shape index (κ1) is 24.0. The number of benzene rings is 2. The van der Waals surface area contributed by atoms with Gasteiger partial charge in [-0.15, -0.1) is 0 Å². The summed E-state index contributed by atoms with van der Waals surface area (Å²) < 4.78 is 4.91. The molecule has 0 spiro atoms. The number of ether oxygens (including phenoxy) is 1. The number of amides is 4. The van der Waals surface area contributed by atoms with E-state index in [1.165, 1.54) is 24.3 Å². The van der Waals surface area contributed by atoms with Crippen molar-refractivity contribution in [1.82, 2.24) is 21.3 Å². The zero-order valence-electron chi connectivity index (χ0n) is 17.0. The largest absolute Gasteiger partial charge is 0.455 e. The number of hydrogen-bond acceptors (Lipinski definition) is 6. The van der Waals surface area contributed by atoms with Crippen LogP contribution in [0.25, 0.3) is 0 Å². The van der Waals surface area contributed by atoms with Crippen LogP contribution < -0.4 is 16.3 Å². The molecule has 0 radical (unpaired) electrons. The third-order valence-electron chi connectivity index (χ3n) is 4.59. The molecule has 1 atom stereocenters. The van der Waals surface area contributed by atoms with E-state index >= 15 is 0 Å². The van der Waals surface area contributed by atoms with Crippen LogP contribution in [0, 0.1) is 5.92 Å². The maximum atomic E-state index is 12.3. The van der Waals surface area contributed by atoms with E-state index in [4.69, 9.17) is 27.9 Å². The SMILES string of the molecule is O=C(COC(=O)[C@@H]1CC(=O)N(NC(=O)c2ccccc2Cl)C1)NNC(=O)c1ccccc1Cl. The van der Waals surface area contributed by atoms with Gasteiger partial charge in [0.2, 0.25) is 5.91 Å². The van der Waals surface area contributed by atoms with Gasteiger partial charge in [-0.25, -0.2) is 0 Å². The number of rotatable bonds is 6. The number of hydrazine groups is 2. The summed E-state index contributed by atoms with van der Waals surface area (Å²) in [4.78, 5) is 60.6. The van der Waals surface area contributed by atoms with Crippen LogP contribution >= 0.6 is 23.2 Å². The molecule has 1 heterocycles. The smallest absolute Gasteiger partial charge is 0.311 e. The quantitative estimate of drug-likeness (QED) is 0.413. The summed E-state index contributed by atoms with van der Waals surface area (Å²) in [5.41, 5.74) is 6.98. The molecule has 33 heavy (non-hydrogen) atoms. The lowest BCUT2D eigenvalue weighted by molar-refractivity contribution is -0.152. The summed E-state index contributed by atoms with van der Waals surface area (Å²) >= 11 is 11.9. The van der Waals surface area contributed by atoms with Gasteiger partial charge in [-0.1, -0.05) is 47.5 Å². The Labute approximate surface area is 198 Å². The normalized spacial score (nSPS) is 15.0. The van der Waals surface area contributed by atoms with Gasteiger partial charge in [-0.3, -0.25) is 45.3 Å². The highest BCUT2D eigenvalue weighted by Crippen LogP contribution is 2.19. The number of hydrogen-bond donors (Lipinski definition) is 3. The van der Waals surface area contributed by atoms with Crippen LogP contribution in [0.2, 0.25) is 10.0 Å². The number of carbonyl (C=O) groups excluding carboxylic acids is 5. The Morgan fingerprint density at radius 1 is 0.909 bits per heavy atom. The summed E-state index contributed by atoms with van der Waals surface area (Å²) in [6.07, 6.45) is -0.202. The molecular formula is C21H18Cl2N4O6. The van der Waals surface area contributed by atoms with Crippen molar-refractivity contribution in [3.05, 3.63) is 69.7 Å². The molecule has 3 rings (SSSR count). The Kier molecular flexibility index (Phi) is 7.86.